The minimum atomic E-state index is 0.776. The Hall–Kier alpha value is -0.830. The standard InChI is InChI=1S/C16H29N3/c1-4-7-8-11-19-16(6-3)14(15(5-2)18-19)12-17-13-9-10-13/h13,17H,4-12H2,1-3H3. The van der Waals surface area contributed by atoms with Crippen LogP contribution >= 0.6 is 0 Å². The molecule has 0 radical (unpaired) electrons. The van der Waals surface area contributed by atoms with Crippen LogP contribution in [0.1, 0.15) is 69.8 Å². The number of aromatic nitrogens is 2. The van der Waals surface area contributed by atoms with Crippen molar-refractivity contribution in [3.8, 4) is 0 Å². The fourth-order valence-corrected chi connectivity index (χ4v) is 2.70. The van der Waals surface area contributed by atoms with Crippen molar-refractivity contribution in [3.63, 3.8) is 0 Å². The van der Waals surface area contributed by atoms with E-state index in [2.05, 4.69) is 30.8 Å². The molecule has 0 spiro atoms. The predicted molar refractivity (Wildman–Crippen MR) is 80.4 cm³/mol. The van der Waals surface area contributed by atoms with Crippen molar-refractivity contribution in [2.75, 3.05) is 0 Å². The van der Waals surface area contributed by atoms with E-state index in [9.17, 15) is 0 Å². The molecule has 1 aliphatic rings. The first-order valence-electron chi connectivity index (χ1n) is 8.10. The lowest BCUT2D eigenvalue weighted by Crippen LogP contribution is -2.17. The summed E-state index contributed by atoms with van der Waals surface area (Å²) < 4.78 is 2.28. The summed E-state index contributed by atoms with van der Waals surface area (Å²) >= 11 is 0. The zero-order valence-corrected chi connectivity index (χ0v) is 12.8. The molecule has 19 heavy (non-hydrogen) atoms. The Bertz CT molecular complexity index is 391. The van der Waals surface area contributed by atoms with E-state index in [0.717, 1.165) is 32.0 Å². The van der Waals surface area contributed by atoms with E-state index in [1.54, 1.807) is 0 Å². The van der Waals surface area contributed by atoms with Crippen molar-refractivity contribution < 1.29 is 0 Å². The highest BCUT2D eigenvalue weighted by Crippen LogP contribution is 2.22. The first-order chi connectivity index (χ1) is 9.30. The van der Waals surface area contributed by atoms with Crippen LogP contribution in [0.15, 0.2) is 0 Å². The summed E-state index contributed by atoms with van der Waals surface area (Å²) in [6.07, 6.45) is 8.70. The van der Waals surface area contributed by atoms with E-state index in [-0.39, 0.29) is 0 Å². The van der Waals surface area contributed by atoms with Crippen molar-refractivity contribution in [2.24, 2.45) is 0 Å². The molecule has 3 nitrogen and oxygen atoms in total. The largest absolute Gasteiger partial charge is 0.310 e. The third kappa shape index (κ3) is 3.82. The Morgan fingerprint density at radius 3 is 2.53 bits per heavy atom. The molecular formula is C16H29N3. The molecule has 1 aromatic heterocycles. The number of hydrogen-bond acceptors (Lipinski definition) is 2. The fraction of sp³-hybridized carbons (Fsp3) is 0.812. The minimum absolute atomic E-state index is 0.776. The van der Waals surface area contributed by atoms with Crippen LogP contribution in [0.4, 0.5) is 0 Å². The highest BCUT2D eigenvalue weighted by molar-refractivity contribution is 5.27. The van der Waals surface area contributed by atoms with Crippen LogP contribution in [-0.2, 0) is 25.9 Å². The van der Waals surface area contributed by atoms with Crippen molar-refractivity contribution >= 4 is 0 Å². The lowest BCUT2D eigenvalue weighted by atomic mass is 10.1. The van der Waals surface area contributed by atoms with Crippen LogP contribution < -0.4 is 5.32 Å². The molecule has 0 amide bonds. The number of nitrogens with one attached hydrogen (secondary N) is 1. The van der Waals surface area contributed by atoms with Crippen LogP contribution in [0.5, 0.6) is 0 Å². The van der Waals surface area contributed by atoms with Gasteiger partial charge in [-0.2, -0.15) is 5.10 Å². The van der Waals surface area contributed by atoms with E-state index < -0.39 is 0 Å². The van der Waals surface area contributed by atoms with E-state index in [1.807, 2.05) is 0 Å². The second-order valence-electron chi connectivity index (χ2n) is 5.66. The molecule has 0 aromatic carbocycles. The number of hydrogen-bond donors (Lipinski definition) is 1. The van der Waals surface area contributed by atoms with Gasteiger partial charge in [-0.15, -0.1) is 0 Å². The molecule has 1 aromatic rings. The Morgan fingerprint density at radius 2 is 1.95 bits per heavy atom. The van der Waals surface area contributed by atoms with Gasteiger partial charge in [0.25, 0.3) is 0 Å². The molecule has 0 atom stereocenters. The van der Waals surface area contributed by atoms with Gasteiger partial charge in [-0.1, -0.05) is 33.6 Å². The second kappa shape index (κ2) is 7.09. The minimum Gasteiger partial charge on any atom is -0.310 e. The summed E-state index contributed by atoms with van der Waals surface area (Å²) in [4.78, 5) is 0. The molecule has 1 N–H and O–H groups in total. The number of unbranched alkanes of at least 4 members (excludes halogenated alkanes) is 2. The lowest BCUT2D eigenvalue weighted by Gasteiger charge is -2.08. The Morgan fingerprint density at radius 1 is 1.16 bits per heavy atom. The molecule has 0 saturated heterocycles. The first kappa shape index (κ1) is 14.6. The number of nitrogens with zero attached hydrogens (tertiary/aromatic N) is 2. The smallest absolute Gasteiger partial charge is 0.0669 e. The molecule has 0 unspecified atom stereocenters. The van der Waals surface area contributed by atoms with Crippen LogP contribution in [0.25, 0.3) is 0 Å². The maximum atomic E-state index is 4.85. The monoisotopic (exact) mass is 263 g/mol. The van der Waals surface area contributed by atoms with Gasteiger partial charge in [0.1, 0.15) is 0 Å². The SMILES string of the molecule is CCCCCn1nc(CC)c(CNC2CC2)c1CC. The van der Waals surface area contributed by atoms with Crippen LogP contribution in [-0.4, -0.2) is 15.8 Å². The van der Waals surface area contributed by atoms with Gasteiger partial charge >= 0.3 is 0 Å². The normalized spacial score (nSPS) is 15.1. The summed E-state index contributed by atoms with van der Waals surface area (Å²) in [6, 6.07) is 0.776. The molecule has 1 aliphatic carbocycles. The lowest BCUT2D eigenvalue weighted by molar-refractivity contribution is 0.530. The summed E-state index contributed by atoms with van der Waals surface area (Å²) in [6.45, 7) is 8.84. The molecular weight excluding hydrogens is 234 g/mol. The summed E-state index contributed by atoms with van der Waals surface area (Å²) in [5.41, 5.74) is 4.25. The highest BCUT2D eigenvalue weighted by atomic mass is 15.3. The molecule has 0 bridgehead atoms. The van der Waals surface area contributed by atoms with Crippen LogP contribution in [0.3, 0.4) is 0 Å². The van der Waals surface area contributed by atoms with Gasteiger partial charge in [0.2, 0.25) is 0 Å². The fourth-order valence-electron chi connectivity index (χ4n) is 2.70. The topological polar surface area (TPSA) is 29.9 Å². The summed E-state index contributed by atoms with van der Waals surface area (Å²) in [5.74, 6) is 0. The van der Waals surface area contributed by atoms with Gasteiger partial charge in [-0.25, -0.2) is 0 Å². The van der Waals surface area contributed by atoms with Crippen molar-refractivity contribution in [1.82, 2.24) is 15.1 Å². The van der Waals surface area contributed by atoms with E-state index >= 15 is 0 Å². The van der Waals surface area contributed by atoms with E-state index in [1.165, 1.54) is 49.1 Å². The van der Waals surface area contributed by atoms with Gasteiger partial charge in [0.15, 0.2) is 0 Å². The maximum absolute atomic E-state index is 4.85. The molecule has 1 heterocycles. The van der Waals surface area contributed by atoms with Crippen molar-refractivity contribution in [3.05, 3.63) is 17.0 Å². The molecule has 3 heteroatoms. The zero-order chi connectivity index (χ0) is 13.7. The van der Waals surface area contributed by atoms with Gasteiger partial charge in [0, 0.05) is 30.4 Å². The third-order valence-corrected chi connectivity index (χ3v) is 4.04. The highest BCUT2D eigenvalue weighted by Gasteiger charge is 2.22. The molecule has 1 saturated carbocycles. The average molecular weight is 263 g/mol. The number of rotatable bonds is 9. The van der Waals surface area contributed by atoms with Gasteiger partial charge in [-0.05, 0) is 32.1 Å². The maximum Gasteiger partial charge on any atom is 0.0669 e. The average Bonchev–Trinajstić information content (AvgIpc) is 3.18. The molecule has 108 valence electrons. The molecule has 2 rings (SSSR count). The van der Waals surface area contributed by atoms with Crippen molar-refractivity contribution in [2.45, 2.75) is 84.8 Å². The third-order valence-electron chi connectivity index (χ3n) is 4.04. The summed E-state index contributed by atoms with van der Waals surface area (Å²) in [7, 11) is 0. The van der Waals surface area contributed by atoms with Gasteiger partial charge < -0.3 is 5.32 Å². The Kier molecular flexibility index (Phi) is 5.44. The van der Waals surface area contributed by atoms with E-state index in [0.29, 0.717) is 0 Å². The van der Waals surface area contributed by atoms with Crippen LogP contribution in [0, 0.1) is 0 Å². The Balaban J connectivity index is 2.08. The van der Waals surface area contributed by atoms with E-state index in [4.69, 9.17) is 5.10 Å². The second-order valence-corrected chi connectivity index (χ2v) is 5.66. The zero-order valence-electron chi connectivity index (χ0n) is 12.8. The first-order valence-corrected chi connectivity index (χ1v) is 8.10. The van der Waals surface area contributed by atoms with Gasteiger partial charge in [-0.3, -0.25) is 4.68 Å². The predicted octanol–water partition coefficient (Wildman–Crippen LogP) is 3.45. The van der Waals surface area contributed by atoms with Crippen LogP contribution in [0.2, 0.25) is 0 Å². The summed E-state index contributed by atoms with van der Waals surface area (Å²) in [5, 5.41) is 8.50. The van der Waals surface area contributed by atoms with Gasteiger partial charge in [0.05, 0.1) is 5.69 Å². The Labute approximate surface area is 117 Å². The quantitative estimate of drug-likeness (QED) is 0.692. The molecule has 1 fully saturated rings. The number of aryl methyl sites for hydroxylation is 2. The van der Waals surface area contributed by atoms with Crippen molar-refractivity contribution in [1.29, 1.82) is 0 Å². The molecule has 0 aliphatic heterocycles.